The van der Waals surface area contributed by atoms with Crippen molar-refractivity contribution in [3.05, 3.63) is 41.9 Å². The zero-order valence-corrected chi connectivity index (χ0v) is 19.0. The molecule has 0 saturated carbocycles. The summed E-state index contributed by atoms with van der Waals surface area (Å²) in [6, 6.07) is 3.95. The van der Waals surface area contributed by atoms with E-state index in [-0.39, 0.29) is 30.1 Å². The number of hydrogen-bond acceptors (Lipinski definition) is 5. The van der Waals surface area contributed by atoms with Gasteiger partial charge in [-0.1, -0.05) is 13.0 Å². The quantitative estimate of drug-likeness (QED) is 0.373. The van der Waals surface area contributed by atoms with Crippen molar-refractivity contribution in [1.82, 2.24) is 25.0 Å². The van der Waals surface area contributed by atoms with Gasteiger partial charge in [0.15, 0.2) is 5.96 Å². The number of rotatable bonds is 6. The smallest absolute Gasteiger partial charge is 0.218 e. The Balaban J connectivity index is 0.00000280. The van der Waals surface area contributed by atoms with E-state index >= 15 is 0 Å². The highest BCUT2D eigenvalue weighted by molar-refractivity contribution is 14.0. The van der Waals surface area contributed by atoms with Gasteiger partial charge in [-0.05, 0) is 12.5 Å². The third-order valence-corrected chi connectivity index (χ3v) is 4.40. The lowest BCUT2D eigenvalue weighted by Crippen LogP contribution is -2.47. The number of pyridine rings is 1. The predicted octanol–water partition coefficient (Wildman–Crippen LogP) is 2.37. The average molecular weight is 500 g/mol. The topological polar surface area (TPSA) is 76.8 Å². The van der Waals surface area contributed by atoms with E-state index in [1.54, 1.807) is 17.9 Å². The van der Waals surface area contributed by atoms with Crippen molar-refractivity contribution in [3.63, 3.8) is 0 Å². The van der Waals surface area contributed by atoms with E-state index in [1.165, 1.54) is 0 Å². The summed E-state index contributed by atoms with van der Waals surface area (Å²) in [5.74, 6) is 1.52. The summed E-state index contributed by atoms with van der Waals surface area (Å²) in [4.78, 5) is 11.0. The van der Waals surface area contributed by atoms with E-state index in [0.29, 0.717) is 25.6 Å². The van der Waals surface area contributed by atoms with Crippen LogP contribution in [-0.2, 0) is 18.3 Å². The van der Waals surface area contributed by atoms with Gasteiger partial charge in [0, 0.05) is 50.7 Å². The molecule has 9 heteroatoms. The Bertz CT molecular complexity index is 766. The number of nitrogens with one attached hydrogen (secondary N) is 1. The predicted molar refractivity (Wildman–Crippen MR) is 119 cm³/mol. The average Bonchev–Trinajstić information content (AvgIpc) is 3.14. The number of guanidine groups is 1. The second kappa shape index (κ2) is 11.2. The van der Waals surface area contributed by atoms with Crippen molar-refractivity contribution >= 4 is 29.9 Å². The zero-order valence-electron chi connectivity index (χ0n) is 16.7. The Kier molecular flexibility index (Phi) is 8.97. The Hall–Kier alpha value is -1.88. The molecule has 2 aromatic rings. The van der Waals surface area contributed by atoms with E-state index in [0.717, 1.165) is 36.6 Å². The molecule has 1 atom stereocenters. The summed E-state index contributed by atoms with van der Waals surface area (Å²) in [5, 5.41) is 7.67. The van der Waals surface area contributed by atoms with Crippen molar-refractivity contribution in [3.8, 4) is 5.88 Å². The first kappa shape index (κ1) is 22.4. The molecular formula is C19H29IN6O2. The molecule has 1 N–H and O–H groups in total. The number of morpholine rings is 1. The molecule has 1 aliphatic rings. The molecule has 3 rings (SSSR count). The number of halogens is 1. The van der Waals surface area contributed by atoms with E-state index in [4.69, 9.17) is 9.47 Å². The number of ether oxygens (including phenoxy) is 2. The van der Waals surface area contributed by atoms with E-state index < -0.39 is 0 Å². The summed E-state index contributed by atoms with van der Waals surface area (Å²) >= 11 is 0. The van der Waals surface area contributed by atoms with Gasteiger partial charge in [0.25, 0.3) is 0 Å². The van der Waals surface area contributed by atoms with Crippen LogP contribution in [0.4, 0.5) is 0 Å². The van der Waals surface area contributed by atoms with Gasteiger partial charge in [0.2, 0.25) is 5.88 Å². The maximum atomic E-state index is 5.92. The molecule has 0 radical (unpaired) electrons. The Labute approximate surface area is 183 Å². The van der Waals surface area contributed by atoms with Crippen LogP contribution in [0.3, 0.4) is 0 Å². The number of aromatic nitrogens is 3. The van der Waals surface area contributed by atoms with Crippen molar-refractivity contribution in [2.45, 2.75) is 26.0 Å². The molecule has 0 amide bonds. The standard InChI is InChI=1S/C19H28N6O2.HI/c1-4-9-27-18-15(6-5-7-21-18)11-22-19(20-2)25-8-10-26-17(14-25)16-12-23-24(3)13-16;/h5-7,12-13,17H,4,8-11,14H2,1-3H3,(H,20,22);1H. The Morgan fingerprint density at radius 2 is 2.32 bits per heavy atom. The first-order valence-electron chi connectivity index (χ1n) is 9.33. The van der Waals surface area contributed by atoms with Crippen LogP contribution in [0.15, 0.2) is 35.7 Å². The molecule has 0 bridgehead atoms. The van der Waals surface area contributed by atoms with Gasteiger partial charge in [0.05, 0.1) is 26.0 Å². The van der Waals surface area contributed by atoms with E-state index in [1.807, 2.05) is 31.6 Å². The van der Waals surface area contributed by atoms with Crippen molar-refractivity contribution in [2.24, 2.45) is 12.0 Å². The lowest BCUT2D eigenvalue weighted by Gasteiger charge is -2.34. The molecule has 1 saturated heterocycles. The van der Waals surface area contributed by atoms with E-state index in [9.17, 15) is 0 Å². The third-order valence-electron chi connectivity index (χ3n) is 4.40. The molecule has 1 aliphatic heterocycles. The summed E-state index contributed by atoms with van der Waals surface area (Å²) < 4.78 is 13.5. The second-order valence-corrected chi connectivity index (χ2v) is 6.47. The molecule has 3 heterocycles. The molecule has 8 nitrogen and oxygen atoms in total. The van der Waals surface area contributed by atoms with Crippen LogP contribution in [0.2, 0.25) is 0 Å². The molecule has 154 valence electrons. The van der Waals surface area contributed by atoms with Gasteiger partial charge >= 0.3 is 0 Å². The van der Waals surface area contributed by atoms with Crippen LogP contribution in [0.5, 0.6) is 5.88 Å². The second-order valence-electron chi connectivity index (χ2n) is 6.47. The molecule has 0 aliphatic carbocycles. The van der Waals surface area contributed by atoms with Crippen LogP contribution in [0.1, 0.15) is 30.6 Å². The molecule has 2 aromatic heterocycles. The Morgan fingerprint density at radius 3 is 3.04 bits per heavy atom. The van der Waals surface area contributed by atoms with Crippen molar-refractivity contribution in [1.29, 1.82) is 0 Å². The fourth-order valence-electron chi connectivity index (χ4n) is 3.04. The van der Waals surface area contributed by atoms with Crippen LogP contribution in [0, 0.1) is 0 Å². The first-order valence-corrected chi connectivity index (χ1v) is 9.33. The highest BCUT2D eigenvalue weighted by atomic mass is 127. The summed E-state index contributed by atoms with van der Waals surface area (Å²) in [6.45, 7) is 5.53. The summed E-state index contributed by atoms with van der Waals surface area (Å²) in [6.07, 6.45) is 6.56. The van der Waals surface area contributed by atoms with Crippen LogP contribution in [-0.4, -0.2) is 59.0 Å². The minimum Gasteiger partial charge on any atom is -0.477 e. The maximum absolute atomic E-state index is 5.92. The molecule has 1 unspecified atom stereocenters. The van der Waals surface area contributed by atoms with Gasteiger partial charge in [0.1, 0.15) is 6.10 Å². The molecule has 1 fully saturated rings. The molecule has 0 aromatic carbocycles. The SMILES string of the molecule is CCCOc1ncccc1CNC(=NC)N1CCOC(c2cnn(C)c2)C1.I. The van der Waals surface area contributed by atoms with Gasteiger partial charge in [-0.2, -0.15) is 5.10 Å². The lowest BCUT2D eigenvalue weighted by atomic mass is 10.1. The van der Waals surface area contributed by atoms with E-state index in [2.05, 4.69) is 32.2 Å². The number of aryl methyl sites for hydroxylation is 1. The first-order chi connectivity index (χ1) is 13.2. The number of hydrogen-bond donors (Lipinski definition) is 1. The lowest BCUT2D eigenvalue weighted by molar-refractivity contribution is -0.00805. The molecule has 28 heavy (non-hydrogen) atoms. The van der Waals surface area contributed by atoms with Crippen LogP contribution < -0.4 is 10.1 Å². The minimum atomic E-state index is -0.00663. The highest BCUT2D eigenvalue weighted by Gasteiger charge is 2.25. The van der Waals surface area contributed by atoms with Crippen molar-refractivity contribution in [2.75, 3.05) is 33.4 Å². The van der Waals surface area contributed by atoms with Crippen molar-refractivity contribution < 1.29 is 9.47 Å². The largest absolute Gasteiger partial charge is 0.477 e. The fraction of sp³-hybridized carbons (Fsp3) is 0.526. The van der Waals surface area contributed by atoms with Gasteiger partial charge < -0.3 is 19.7 Å². The molecular weight excluding hydrogens is 471 g/mol. The minimum absolute atomic E-state index is 0. The van der Waals surface area contributed by atoms with Gasteiger partial charge in [-0.3, -0.25) is 9.67 Å². The fourth-order valence-corrected chi connectivity index (χ4v) is 3.04. The van der Waals surface area contributed by atoms with Crippen LogP contribution in [0.25, 0.3) is 0 Å². The normalized spacial score (nSPS) is 17.2. The highest BCUT2D eigenvalue weighted by Crippen LogP contribution is 2.22. The number of nitrogens with zero attached hydrogens (tertiary/aromatic N) is 5. The van der Waals surface area contributed by atoms with Crippen LogP contribution >= 0.6 is 24.0 Å². The Morgan fingerprint density at radius 1 is 1.46 bits per heavy atom. The maximum Gasteiger partial charge on any atom is 0.218 e. The zero-order chi connectivity index (χ0) is 19.1. The molecule has 0 spiro atoms. The van der Waals surface area contributed by atoms with Gasteiger partial charge in [-0.25, -0.2) is 4.98 Å². The third kappa shape index (κ3) is 5.81. The summed E-state index contributed by atoms with van der Waals surface area (Å²) in [5.41, 5.74) is 2.10. The number of aliphatic imine (C=N–C) groups is 1. The monoisotopic (exact) mass is 500 g/mol. The summed E-state index contributed by atoms with van der Waals surface area (Å²) in [7, 11) is 3.71. The van der Waals surface area contributed by atoms with Gasteiger partial charge in [-0.15, -0.1) is 24.0 Å².